The Morgan fingerprint density at radius 1 is 1.29 bits per heavy atom. The molecule has 0 unspecified atom stereocenters. The molecule has 0 fully saturated rings. The smallest absolute Gasteiger partial charge is 0.279 e. The monoisotopic (exact) mass is 313 g/mol. The van der Waals surface area contributed by atoms with Gasteiger partial charge in [-0.2, -0.15) is 17.4 Å². The van der Waals surface area contributed by atoms with Crippen LogP contribution >= 0.6 is 0 Å². The molecule has 21 heavy (non-hydrogen) atoms. The summed E-state index contributed by atoms with van der Waals surface area (Å²) in [6, 6.07) is 8.25. The van der Waals surface area contributed by atoms with Gasteiger partial charge in [0.25, 0.3) is 10.2 Å². The molecule has 0 atom stereocenters. The van der Waals surface area contributed by atoms with Gasteiger partial charge in [0.2, 0.25) is 0 Å². The number of rotatable bonds is 9. The number of aryl methyl sites for hydroxylation is 1. The second kappa shape index (κ2) is 8.48. The molecule has 120 valence electrons. The largest absolute Gasteiger partial charge is 0.314 e. The van der Waals surface area contributed by atoms with Crippen LogP contribution in [0.3, 0.4) is 0 Å². The number of nitrogens with one attached hydrogen (secondary N) is 2. The van der Waals surface area contributed by atoms with E-state index in [0.717, 1.165) is 24.1 Å². The van der Waals surface area contributed by atoms with Crippen molar-refractivity contribution in [1.82, 2.24) is 14.3 Å². The number of nitrogens with zero attached hydrogens (tertiary/aromatic N) is 1. The molecule has 0 aliphatic rings. The molecule has 0 aliphatic heterocycles. The van der Waals surface area contributed by atoms with Gasteiger partial charge in [0.1, 0.15) is 0 Å². The minimum absolute atomic E-state index is 0.318. The lowest BCUT2D eigenvalue weighted by Gasteiger charge is -2.18. The second-order valence-electron chi connectivity index (χ2n) is 5.60. The van der Waals surface area contributed by atoms with E-state index in [0.29, 0.717) is 19.1 Å². The standard InChI is InChI=1S/C15H27N3O2S/c1-13(2)16-9-6-10-18(4)21(19,20)17-12-15-8-5-7-14(3)11-15/h5,7-8,11,13,16-17H,6,9-10,12H2,1-4H3. The van der Waals surface area contributed by atoms with Crippen molar-refractivity contribution in [2.75, 3.05) is 20.1 Å². The van der Waals surface area contributed by atoms with Crippen LogP contribution < -0.4 is 10.0 Å². The Labute approximate surface area is 128 Å². The molecule has 0 aliphatic carbocycles. The average Bonchev–Trinajstić information content (AvgIpc) is 2.41. The predicted octanol–water partition coefficient (Wildman–Crippen LogP) is 1.65. The third-order valence-electron chi connectivity index (χ3n) is 3.15. The fraction of sp³-hybridized carbons (Fsp3) is 0.600. The van der Waals surface area contributed by atoms with Gasteiger partial charge in [0, 0.05) is 26.2 Å². The molecule has 0 saturated heterocycles. The van der Waals surface area contributed by atoms with Gasteiger partial charge in [-0.3, -0.25) is 0 Å². The summed E-state index contributed by atoms with van der Waals surface area (Å²) >= 11 is 0. The van der Waals surface area contributed by atoms with Crippen LogP contribution in [0.25, 0.3) is 0 Å². The maximum atomic E-state index is 12.1. The van der Waals surface area contributed by atoms with Crippen molar-refractivity contribution in [2.45, 2.75) is 39.8 Å². The van der Waals surface area contributed by atoms with Crippen molar-refractivity contribution < 1.29 is 8.42 Å². The summed E-state index contributed by atoms with van der Waals surface area (Å²) in [7, 11) is -1.81. The van der Waals surface area contributed by atoms with Gasteiger partial charge >= 0.3 is 0 Å². The third-order valence-corrected chi connectivity index (χ3v) is 4.67. The predicted molar refractivity (Wildman–Crippen MR) is 87.3 cm³/mol. The van der Waals surface area contributed by atoms with Crippen LogP contribution in [0.5, 0.6) is 0 Å². The van der Waals surface area contributed by atoms with E-state index in [9.17, 15) is 8.42 Å². The Balaban J connectivity index is 2.41. The van der Waals surface area contributed by atoms with Gasteiger partial charge in [0.05, 0.1) is 0 Å². The van der Waals surface area contributed by atoms with Gasteiger partial charge in [-0.15, -0.1) is 0 Å². The Bertz CT molecular complexity index is 529. The first-order valence-corrected chi connectivity index (χ1v) is 8.75. The fourth-order valence-corrected chi connectivity index (χ4v) is 2.86. The van der Waals surface area contributed by atoms with Crippen molar-refractivity contribution >= 4 is 10.2 Å². The summed E-state index contributed by atoms with van der Waals surface area (Å²) in [6.07, 6.45) is 0.792. The summed E-state index contributed by atoms with van der Waals surface area (Å²) in [5.41, 5.74) is 2.09. The molecule has 5 nitrogen and oxygen atoms in total. The number of benzene rings is 1. The maximum absolute atomic E-state index is 12.1. The molecule has 2 N–H and O–H groups in total. The molecule has 1 aromatic rings. The van der Waals surface area contributed by atoms with Crippen LogP contribution in [-0.2, 0) is 16.8 Å². The van der Waals surface area contributed by atoms with Gasteiger partial charge in [0.15, 0.2) is 0 Å². The Morgan fingerprint density at radius 2 is 2.00 bits per heavy atom. The minimum atomic E-state index is -3.42. The lowest BCUT2D eigenvalue weighted by molar-refractivity contribution is 0.439. The van der Waals surface area contributed by atoms with Gasteiger partial charge in [-0.05, 0) is 25.5 Å². The Kier molecular flexibility index (Phi) is 7.31. The zero-order valence-electron chi connectivity index (χ0n) is 13.4. The molecule has 0 heterocycles. The van der Waals surface area contributed by atoms with Crippen molar-refractivity contribution in [2.24, 2.45) is 0 Å². The quantitative estimate of drug-likeness (QED) is 0.682. The van der Waals surface area contributed by atoms with Crippen LogP contribution in [-0.4, -0.2) is 38.9 Å². The molecular formula is C15H27N3O2S. The van der Waals surface area contributed by atoms with Crippen LogP contribution in [0.2, 0.25) is 0 Å². The highest BCUT2D eigenvalue weighted by Gasteiger charge is 2.16. The van der Waals surface area contributed by atoms with Crippen LogP contribution in [0, 0.1) is 6.92 Å². The molecule has 0 spiro atoms. The van der Waals surface area contributed by atoms with Crippen LogP contribution in [0.4, 0.5) is 0 Å². The second-order valence-corrected chi connectivity index (χ2v) is 7.46. The number of hydrogen-bond donors (Lipinski definition) is 2. The normalized spacial score (nSPS) is 12.3. The van der Waals surface area contributed by atoms with E-state index in [4.69, 9.17) is 0 Å². The van der Waals surface area contributed by atoms with E-state index in [2.05, 4.69) is 23.9 Å². The van der Waals surface area contributed by atoms with Gasteiger partial charge < -0.3 is 5.32 Å². The molecule has 6 heteroatoms. The van der Waals surface area contributed by atoms with Crippen molar-refractivity contribution in [1.29, 1.82) is 0 Å². The Morgan fingerprint density at radius 3 is 2.62 bits per heavy atom. The Hall–Kier alpha value is -0.950. The zero-order chi connectivity index (χ0) is 15.9. The first-order valence-electron chi connectivity index (χ1n) is 7.31. The zero-order valence-corrected chi connectivity index (χ0v) is 14.2. The summed E-state index contributed by atoms with van der Waals surface area (Å²) in [5, 5.41) is 3.27. The van der Waals surface area contributed by atoms with E-state index in [-0.39, 0.29) is 0 Å². The van der Waals surface area contributed by atoms with Gasteiger partial charge in [-0.1, -0.05) is 43.7 Å². The third kappa shape index (κ3) is 7.04. The molecule has 0 aromatic heterocycles. The molecule has 1 rings (SSSR count). The first-order chi connectivity index (χ1) is 9.81. The molecule has 1 aromatic carbocycles. The summed E-state index contributed by atoms with van der Waals surface area (Å²) < 4.78 is 28.2. The van der Waals surface area contributed by atoms with Crippen molar-refractivity contribution in [3.8, 4) is 0 Å². The SMILES string of the molecule is Cc1cccc(CNS(=O)(=O)N(C)CCCNC(C)C)c1. The van der Waals surface area contributed by atoms with E-state index in [1.807, 2.05) is 31.2 Å². The molecule has 0 bridgehead atoms. The lowest BCUT2D eigenvalue weighted by Crippen LogP contribution is -2.39. The molecule has 0 radical (unpaired) electrons. The molecular weight excluding hydrogens is 286 g/mol. The van der Waals surface area contributed by atoms with Crippen LogP contribution in [0.15, 0.2) is 24.3 Å². The van der Waals surface area contributed by atoms with Crippen molar-refractivity contribution in [3.05, 3.63) is 35.4 Å². The maximum Gasteiger partial charge on any atom is 0.279 e. The molecule has 0 saturated carbocycles. The van der Waals surface area contributed by atoms with E-state index in [1.165, 1.54) is 4.31 Å². The topological polar surface area (TPSA) is 61.4 Å². The number of hydrogen-bond acceptors (Lipinski definition) is 3. The highest BCUT2D eigenvalue weighted by Crippen LogP contribution is 2.05. The molecule has 0 amide bonds. The lowest BCUT2D eigenvalue weighted by atomic mass is 10.1. The average molecular weight is 313 g/mol. The van der Waals surface area contributed by atoms with Crippen molar-refractivity contribution in [3.63, 3.8) is 0 Å². The summed E-state index contributed by atoms with van der Waals surface area (Å²) in [5.74, 6) is 0. The first kappa shape index (κ1) is 18.1. The highest BCUT2D eigenvalue weighted by atomic mass is 32.2. The van der Waals surface area contributed by atoms with Gasteiger partial charge in [-0.25, -0.2) is 0 Å². The summed E-state index contributed by atoms with van der Waals surface area (Å²) in [6.45, 7) is 7.77. The van der Waals surface area contributed by atoms with Crippen LogP contribution in [0.1, 0.15) is 31.4 Å². The fourth-order valence-electron chi connectivity index (χ4n) is 1.92. The minimum Gasteiger partial charge on any atom is -0.314 e. The summed E-state index contributed by atoms with van der Waals surface area (Å²) in [4.78, 5) is 0. The van der Waals surface area contributed by atoms with E-state index < -0.39 is 10.2 Å². The van der Waals surface area contributed by atoms with E-state index in [1.54, 1.807) is 7.05 Å². The van der Waals surface area contributed by atoms with E-state index >= 15 is 0 Å². The highest BCUT2D eigenvalue weighted by molar-refractivity contribution is 7.87.